The molecule has 0 aromatic carbocycles. The normalized spacial score (nSPS) is 15.8. The molecule has 2 unspecified atom stereocenters. The van der Waals surface area contributed by atoms with Gasteiger partial charge in [-0.25, -0.2) is 0 Å². The molecule has 52 valence electrons. The van der Waals surface area contributed by atoms with Crippen molar-refractivity contribution in [3.05, 3.63) is 0 Å². The Kier molecular flexibility index (Phi) is 4.63. The summed E-state index contributed by atoms with van der Waals surface area (Å²) < 4.78 is 25.2. The summed E-state index contributed by atoms with van der Waals surface area (Å²) in [6, 6.07) is 0. The summed E-state index contributed by atoms with van der Waals surface area (Å²) in [7, 11) is -2.51. The first kappa shape index (κ1) is 8.86. The fourth-order valence-corrected chi connectivity index (χ4v) is 1.33. The molecule has 0 aliphatic heterocycles. The Morgan fingerprint density at radius 2 is 2.44 bits per heavy atom. The first-order valence-corrected chi connectivity index (χ1v) is 4.59. The Balaban J connectivity index is 3.59. The zero-order valence-electron chi connectivity index (χ0n) is 4.72. The summed E-state index contributed by atoms with van der Waals surface area (Å²) in [6.45, 7) is 0. The quantitative estimate of drug-likeness (QED) is 0.327. The van der Waals surface area contributed by atoms with Crippen LogP contribution < -0.4 is 0 Å². The van der Waals surface area contributed by atoms with E-state index in [9.17, 15) is 8.96 Å². The molecule has 0 aliphatic rings. The molecule has 2 atom stereocenters. The van der Waals surface area contributed by atoms with Gasteiger partial charge in [0.2, 0.25) is 0 Å². The zero-order chi connectivity index (χ0) is 7.28. The van der Waals surface area contributed by atoms with E-state index in [4.69, 9.17) is 4.89 Å². The molecule has 0 rings (SSSR count). The van der Waals surface area contributed by atoms with Crippen LogP contribution in [0.25, 0.3) is 0 Å². The van der Waals surface area contributed by atoms with Gasteiger partial charge in [0.1, 0.15) is 11.9 Å². The van der Waals surface area contributed by atoms with Crippen molar-refractivity contribution in [3.8, 4) is 12.1 Å². The van der Waals surface area contributed by atoms with Crippen molar-refractivity contribution in [1.29, 1.82) is 0 Å². The van der Waals surface area contributed by atoms with E-state index in [1.54, 1.807) is 0 Å². The van der Waals surface area contributed by atoms with Gasteiger partial charge in [0.15, 0.2) is 0 Å². The highest BCUT2D eigenvalue weighted by atomic mass is 31.1. The molecule has 6 heteroatoms. The van der Waals surface area contributed by atoms with Gasteiger partial charge < -0.3 is 4.89 Å². The van der Waals surface area contributed by atoms with Crippen LogP contribution in [-0.4, -0.2) is 20.9 Å². The maximum absolute atomic E-state index is 11.1. The van der Waals surface area contributed by atoms with Gasteiger partial charge in [-0.15, -0.1) is 4.39 Å². The van der Waals surface area contributed by atoms with Gasteiger partial charge in [-0.2, -0.15) is 0 Å². The molecule has 0 heterocycles. The maximum atomic E-state index is 11.1. The van der Waals surface area contributed by atoms with Gasteiger partial charge in [0, 0.05) is 0 Å². The maximum Gasteiger partial charge on any atom is 0.317 e. The van der Waals surface area contributed by atoms with Gasteiger partial charge in [-0.3, -0.25) is 9.09 Å². The second-order valence-electron chi connectivity index (χ2n) is 1.26. The molecule has 0 radical (unpaired) electrons. The predicted molar refractivity (Wildman–Crippen MR) is 34.9 cm³/mol. The molecule has 0 fully saturated rings. The highest BCUT2D eigenvalue weighted by Gasteiger charge is 1.98. The molecule has 3 nitrogen and oxygen atoms in total. The molecule has 1 N–H and O–H groups in total. The van der Waals surface area contributed by atoms with Crippen molar-refractivity contribution in [2.75, 3.05) is 0 Å². The van der Waals surface area contributed by atoms with Crippen LogP contribution in [0.15, 0.2) is 0 Å². The Bertz CT molecular complexity index is 162. The van der Waals surface area contributed by atoms with Crippen LogP contribution in [0.2, 0.25) is 0 Å². The molecular weight excluding hydrogens is 162 g/mol. The minimum Gasteiger partial charge on any atom is -0.326 e. The molecule has 0 amide bonds. The van der Waals surface area contributed by atoms with Crippen LogP contribution in [0.4, 0.5) is 4.39 Å². The molecule has 0 aromatic rings. The van der Waals surface area contributed by atoms with Crippen LogP contribution in [-0.2, 0) is 9.09 Å². The summed E-state index contributed by atoms with van der Waals surface area (Å²) in [4.78, 5) is 8.11. The third-order valence-electron chi connectivity index (χ3n) is 0.535. The molecule has 0 aliphatic carbocycles. The van der Waals surface area contributed by atoms with Crippen LogP contribution in [0.1, 0.15) is 0 Å². The Labute approximate surface area is 55.6 Å². The van der Waals surface area contributed by atoms with Crippen molar-refractivity contribution < 1.29 is 18.4 Å². The monoisotopic (exact) mass is 168 g/mol. The van der Waals surface area contributed by atoms with Gasteiger partial charge >= 0.3 is 8.25 Å². The molecule has 0 saturated heterocycles. The average molecular weight is 168 g/mol. The van der Waals surface area contributed by atoms with Gasteiger partial charge in [-0.1, -0.05) is 0 Å². The van der Waals surface area contributed by atoms with Gasteiger partial charge in [0.25, 0.3) is 0 Å². The lowest BCUT2D eigenvalue weighted by Gasteiger charge is -1.98. The van der Waals surface area contributed by atoms with Crippen molar-refractivity contribution >= 4 is 18.5 Å². The topological polar surface area (TPSA) is 46.5 Å². The number of halogens is 1. The van der Waals surface area contributed by atoms with Crippen LogP contribution in [0.5, 0.6) is 0 Å². The fourth-order valence-electron chi connectivity index (χ4n) is 0.258. The third kappa shape index (κ3) is 5.73. The van der Waals surface area contributed by atoms with Gasteiger partial charge in [-0.05, 0) is 5.92 Å². The van der Waals surface area contributed by atoms with Crippen LogP contribution in [0.3, 0.4) is 0 Å². The lowest BCUT2D eigenvalue weighted by atomic mass is 10.7. The standard InChI is InChI=1S/C3H6FO3PSi/c4-2-1-3(9)7-8(5)6/h3,8H,9H3,(H,5,6). The predicted octanol–water partition coefficient (Wildman–Crippen LogP) is -0.993. The molecule has 0 aromatic heterocycles. The number of hydrogen-bond donors (Lipinski definition) is 1. The van der Waals surface area contributed by atoms with E-state index in [2.05, 4.69) is 4.52 Å². The second kappa shape index (κ2) is 4.71. The Hall–Kier alpha value is -0.143. The molecular formula is C3H6FO3PSi. The lowest BCUT2D eigenvalue weighted by molar-refractivity contribution is 0.292. The first-order chi connectivity index (χ1) is 4.16. The van der Waals surface area contributed by atoms with E-state index in [-0.39, 0.29) is 0 Å². The smallest absolute Gasteiger partial charge is 0.317 e. The van der Waals surface area contributed by atoms with E-state index in [0.29, 0.717) is 10.2 Å². The van der Waals surface area contributed by atoms with E-state index in [0.717, 1.165) is 6.17 Å². The Morgan fingerprint density at radius 3 is 2.78 bits per heavy atom. The molecule has 9 heavy (non-hydrogen) atoms. The minimum atomic E-state index is -2.94. The van der Waals surface area contributed by atoms with E-state index >= 15 is 0 Å². The molecule has 0 saturated carbocycles. The van der Waals surface area contributed by atoms with Crippen molar-refractivity contribution in [2.45, 2.75) is 5.73 Å². The minimum absolute atomic E-state index is 0.426. The second-order valence-corrected chi connectivity index (χ2v) is 3.08. The van der Waals surface area contributed by atoms with Crippen molar-refractivity contribution in [3.63, 3.8) is 0 Å². The molecule has 0 bridgehead atoms. The van der Waals surface area contributed by atoms with Crippen LogP contribution >= 0.6 is 8.25 Å². The van der Waals surface area contributed by atoms with Crippen molar-refractivity contribution in [2.24, 2.45) is 0 Å². The summed E-state index contributed by atoms with van der Waals surface area (Å²) in [5.74, 6) is 1.97. The average Bonchev–Trinajstić information content (AvgIpc) is 1.63. The molecule has 0 spiro atoms. The van der Waals surface area contributed by atoms with E-state index < -0.39 is 14.0 Å². The lowest BCUT2D eigenvalue weighted by Crippen LogP contribution is -2.03. The largest absolute Gasteiger partial charge is 0.326 e. The van der Waals surface area contributed by atoms with Crippen LogP contribution in [0, 0.1) is 12.1 Å². The highest BCUT2D eigenvalue weighted by molar-refractivity contribution is 7.32. The van der Waals surface area contributed by atoms with E-state index in [1.807, 2.05) is 5.92 Å². The summed E-state index contributed by atoms with van der Waals surface area (Å²) in [5.41, 5.74) is -0.675. The SMILES string of the molecule is O=[PH](O)OC([SiH3])C#CF. The summed E-state index contributed by atoms with van der Waals surface area (Å²) in [6.07, 6.45) is 1.10. The number of hydrogen-bond acceptors (Lipinski definition) is 2. The fraction of sp³-hybridized carbons (Fsp3) is 0.333. The first-order valence-electron chi connectivity index (χ1n) is 2.17. The summed E-state index contributed by atoms with van der Waals surface area (Å²) in [5, 5.41) is 0. The van der Waals surface area contributed by atoms with Crippen molar-refractivity contribution in [1.82, 2.24) is 0 Å². The zero-order valence-corrected chi connectivity index (χ0v) is 7.72. The van der Waals surface area contributed by atoms with E-state index in [1.165, 1.54) is 0 Å². The Morgan fingerprint density at radius 1 is 1.89 bits per heavy atom. The number of rotatable bonds is 2. The third-order valence-corrected chi connectivity index (χ3v) is 2.09. The highest BCUT2D eigenvalue weighted by Crippen LogP contribution is 2.15. The van der Waals surface area contributed by atoms with Gasteiger partial charge in [0.05, 0.1) is 10.2 Å². The summed E-state index contributed by atoms with van der Waals surface area (Å²) >= 11 is 0.